The van der Waals surface area contributed by atoms with Gasteiger partial charge in [-0.05, 0) is 72.9 Å². The topological polar surface area (TPSA) is 101 Å². The molecular formula is C42H44Cl2N4O4. The number of nitrogens with one attached hydrogen (secondary N) is 4. The van der Waals surface area contributed by atoms with Gasteiger partial charge in [-0.3, -0.25) is 9.59 Å². The molecule has 0 radical (unpaired) electrons. The molecule has 4 aromatic carbocycles. The van der Waals surface area contributed by atoms with Crippen molar-refractivity contribution in [1.82, 2.24) is 21.3 Å². The summed E-state index contributed by atoms with van der Waals surface area (Å²) in [5.74, 6) is 1.94. The third kappa shape index (κ3) is 6.66. The summed E-state index contributed by atoms with van der Waals surface area (Å²) in [5.41, 5.74) is 10.4. The first-order valence-corrected chi connectivity index (χ1v) is 19.1. The van der Waals surface area contributed by atoms with Gasteiger partial charge in [0.05, 0.1) is 24.3 Å². The van der Waals surface area contributed by atoms with Crippen LogP contribution in [0.2, 0.25) is 10.0 Å². The second-order valence-electron chi connectivity index (χ2n) is 14.4. The molecule has 4 N–H and O–H groups in total. The molecule has 1 unspecified atom stereocenters. The van der Waals surface area contributed by atoms with E-state index in [2.05, 4.69) is 57.7 Å². The molecule has 0 spiro atoms. The summed E-state index contributed by atoms with van der Waals surface area (Å²) < 4.78 is 11.9. The maximum atomic E-state index is 11.7. The minimum atomic E-state index is 0.132. The summed E-state index contributed by atoms with van der Waals surface area (Å²) in [4.78, 5) is 23.4. The van der Waals surface area contributed by atoms with Crippen molar-refractivity contribution < 1.29 is 19.1 Å². The van der Waals surface area contributed by atoms with Crippen molar-refractivity contribution in [2.24, 2.45) is 0 Å². The summed E-state index contributed by atoms with van der Waals surface area (Å²) in [5, 5.41) is 14.7. The standard InChI is InChI=1S/C42H44Cl2N4O4/c1-51-35-19-25(17-23-9-13-33(39(23)35)45-21-27-11-15-37(49)47-27)29-5-3-7-31(41(29)43)32-8-4-6-30(42(32)44)26-18-24-10-14-34(40(24)36(20-26)52-2)46-22-28-12-16-38(50)48-28/h3-8,17-20,27-28,33-34,45-46H,9-16,21-22H2,1-2H3,(H,47,49)(H,48,50)/t27-,28?,33+,34+/m1/s1. The van der Waals surface area contributed by atoms with E-state index in [0.29, 0.717) is 22.9 Å². The van der Waals surface area contributed by atoms with Crippen molar-refractivity contribution >= 4 is 35.0 Å². The van der Waals surface area contributed by atoms with Crippen LogP contribution in [0.4, 0.5) is 0 Å². The Kier molecular flexibility index (Phi) is 9.92. The van der Waals surface area contributed by atoms with Crippen LogP contribution in [0.1, 0.15) is 72.9 Å². The van der Waals surface area contributed by atoms with Crippen LogP contribution in [0.15, 0.2) is 60.7 Å². The van der Waals surface area contributed by atoms with Crippen molar-refractivity contribution in [3.8, 4) is 44.9 Å². The third-order valence-electron chi connectivity index (χ3n) is 11.3. The van der Waals surface area contributed by atoms with Gasteiger partial charge >= 0.3 is 0 Å². The van der Waals surface area contributed by atoms with Crippen LogP contribution < -0.4 is 30.7 Å². The minimum absolute atomic E-state index is 0.132. The number of fused-ring (bicyclic) bond motifs is 2. The number of rotatable bonds is 11. The van der Waals surface area contributed by atoms with Gasteiger partial charge in [-0.2, -0.15) is 0 Å². The minimum Gasteiger partial charge on any atom is -0.496 e. The predicted octanol–water partition coefficient (Wildman–Crippen LogP) is 7.72. The first-order chi connectivity index (χ1) is 25.3. The van der Waals surface area contributed by atoms with Crippen LogP contribution in [0.3, 0.4) is 0 Å². The van der Waals surface area contributed by atoms with Crippen LogP contribution in [0.5, 0.6) is 11.5 Å². The van der Waals surface area contributed by atoms with Gasteiger partial charge in [0.1, 0.15) is 11.5 Å². The number of aryl methyl sites for hydroxylation is 2. The highest BCUT2D eigenvalue weighted by molar-refractivity contribution is 6.39. The number of hydrogen-bond donors (Lipinski definition) is 4. The average molecular weight is 740 g/mol. The molecule has 0 saturated carbocycles. The highest BCUT2D eigenvalue weighted by Crippen LogP contribution is 2.47. The highest BCUT2D eigenvalue weighted by atomic mass is 35.5. The maximum Gasteiger partial charge on any atom is 0.220 e. The highest BCUT2D eigenvalue weighted by Gasteiger charge is 2.31. The zero-order valence-corrected chi connectivity index (χ0v) is 31.1. The summed E-state index contributed by atoms with van der Waals surface area (Å²) in [6.45, 7) is 1.49. The van der Waals surface area contributed by atoms with Crippen molar-refractivity contribution in [1.29, 1.82) is 0 Å². The van der Waals surface area contributed by atoms with Crippen LogP contribution in [-0.4, -0.2) is 51.2 Å². The molecule has 0 bridgehead atoms. The lowest BCUT2D eigenvalue weighted by Crippen LogP contribution is -2.36. The number of benzene rings is 4. The first-order valence-electron chi connectivity index (χ1n) is 18.4. The van der Waals surface area contributed by atoms with Crippen LogP contribution in [-0.2, 0) is 22.4 Å². The number of ether oxygens (including phenoxy) is 2. The first kappa shape index (κ1) is 35.0. The monoisotopic (exact) mass is 738 g/mol. The summed E-state index contributed by atoms with van der Waals surface area (Å²) in [7, 11) is 3.44. The molecule has 8 nitrogen and oxygen atoms in total. The van der Waals surface area contributed by atoms with Crippen LogP contribution >= 0.6 is 23.2 Å². The zero-order chi connectivity index (χ0) is 35.9. The number of carbonyl (C=O) groups excluding carboxylic acids is 2. The maximum absolute atomic E-state index is 11.7. The van der Waals surface area contributed by atoms with Gasteiger partial charge in [-0.15, -0.1) is 0 Å². The average Bonchev–Trinajstić information content (AvgIpc) is 3.96. The van der Waals surface area contributed by atoms with E-state index in [0.717, 1.165) is 96.5 Å². The summed E-state index contributed by atoms with van der Waals surface area (Å²) in [6.07, 6.45) is 6.73. The molecule has 4 aromatic rings. The molecule has 8 rings (SSSR count). The molecule has 270 valence electrons. The van der Waals surface area contributed by atoms with E-state index in [1.807, 2.05) is 24.3 Å². The van der Waals surface area contributed by atoms with E-state index >= 15 is 0 Å². The van der Waals surface area contributed by atoms with E-state index < -0.39 is 0 Å². The third-order valence-corrected chi connectivity index (χ3v) is 12.1. The number of amides is 2. The lowest BCUT2D eigenvalue weighted by Gasteiger charge is -2.21. The fraction of sp³-hybridized carbons (Fsp3) is 0.381. The summed E-state index contributed by atoms with van der Waals surface area (Å²) >= 11 is 14.6. The van der Waals surface area contributed by atoms with E-state index in [-0.39, 0.29) is 36.0 Å². The van der Waals surface area contributed by atoms with E-state index in [4.69, 9.17) is 32.7 Å². The van der Waals surface area contributed by atoms with Crippen LogP contribution in [0, 0.1) is 0 Å². The predicted molar refractivity (Wildman–Crippen MR) is 206 cm³/mol. The molecule has 2 heterocycles. The second kappa shape index (κ2) is 14.7. The van der Waals surface area contributed by atoms with E-state index in [1.54, 1.807) is 14.2 Å². The Balaban J connectivity index is 1.07. The molecule has 2 saturated heterocycles. The van der Waals surface area contributed by atoms with Gasteiger partial charge in [0, 0.05) is 83.5 Å². The van der Waals surface area contributed by atoms with Gasteiger partial charge < -0.3 is 30.7 Å². The number of methoxy groups -OCH3 is 2. The molecule has 4 atom stereocenters. The smallest absolute Gasteiger partial charge is 0.220 e. The molecular weight excluding hydrogens is 695 g/mol. The lowest BCUT2D eigenvalue weighted by molar-refractivity contribution is -0.120. The lowest BCUT2D eigenvalue weighted by atomic mass is 9.93. The molecule has 4 aliphatic rings. The van der Waals surface area contributed by atoms with Gasteiger partial charge in [-0.25, -0.2) is 0 Å². The Morgan fingerprint density at radius 2 is 1.04 bits per heavy atom. The Morgan fingerprint density at radius 1 is 0.615 bits per heavy atom. The Labute approximate surface area is 315 Å². The van der Waals surface area contributed by atoms with Crippen molar-refractivity contribution in [2.75, 3.05) is 27.3 Å². The van der Waals surface area contributed by atoms with Crippen molar-refractivity contribution in [3.63, 3.8) is 0 Å². The van der Waals surface area contributed by atoms with Crippen molar-refractivity contribution in [3.05, 3.63) is 93.0 Å². The Morgan fingerprint density at radius 3 is 1.42 bits per heavy atom. The molecule has 0 aromatic heterocycles. The van der Waals surface area contributed by atoms with Gasteiger partial charge in [-0.1, -0.05) is 71.7 Å². The number of halogens is 2. The number of hydrogen-bond acceptors (Lipinski definition) is 6. The quantitative estimate of drug-likeness (QED) is 0.126. The number of carbonyl (C=O) groups is 2. The zero-order valence-electron chi connectivity index (χ0n) is 29.5. The molecule has 2 amide bonds. The largest absolute Gasteiger partial charge is 0.496 e. The molecule has 10 heteroatoms. The second-order valence-corrected chi connectivity index (χ2v) is 15.2. The fourth-order valence-corrected chi connectivity index (χ4v) is 9.35. The molecule has 2 aliphatic heterocycles. The van der Waals surface area contributed by atoms with E-state index in [9.17, 15) is 9.59 Å². The molecule has 2 aliphatic carbocycles. The molecule has 2 fully saturated rings. The summed E-state index contributed by atoms with van der Waals surface area (Å²) in [6, 6.07) is 21.5. The Hall–Kier alpha value is -4.08. The van der Waals surface area contributed by atoms with Crippen molar-refractivity contribution in [2.45, 2.75) is 75.5 Å². The SMILES string of the molecule is COc1cc(-c2cccc(-c3cccc(-c4cc5c(c(OC)c4)[C@@H](NC[C@H]4CCC(=O)N4)CC5)c3Cl)c2Cl)cc2c1[C@@H](NCC1CCC(=O)N1)CC2. The Bertz CT molecular complexity index is 1910. The molecule has 52 heavy (non-hydrogen) atoms. The van der Waals surface area contributed by atoms with E-state index in [1.165, 1.54) is 22.3 Å². The van der Waals surface area contributed by atoms with Gasteiger partial charge in [0.2, 0.25) is 11.8 Å². The fourth-order valence-electron chi connectivity index (χ4n) is 8.67. The van der Waals surface area contributed by atoms with Gasteiger partial charge in [0.15, 0.2) is 0 Å². The van der Waals surface area contributed by atoms with Crippen LogP contribution in [0.25, 0.3) is 33.4 Å². The van der Waals surface area contributed by atoms with Gasteiger partial charge in [0.25, 0.3) is 0 Å². The normalized spacial score (nSPS) is 21.9.